The van der Waals surface area contributed by atoms with Gasteiger partial charge in [-0.1, -0.05) is 0 Å². The summed E-state index contributed by atoms with van der Waals surface area (Å²) in [5.74, 6) is 3.17. The van der Waals surface area contributed by atoms with E-state index in [1.807, 2.05) is 12.3 Å². The number of aryl methyl sites for hydroxylation is 2. The van der Waals surface area contributed by atoms with Crippen molar-refractivity contribution < 1.29 is 23.0 Å². The molecule has 146 valence electrons. The number of aromatic nitrogens is 1. The van der Waals surface area contributed by atoms with E-state index in [-0.39, 0.29) is 0 Å². The highest BCUT2D eigenvalue weighted by Crippen LogP contribution is 2.42. The number of pyridine rings is 1. The van der Waals surface area contributed by atoms with Crippen LogP contribution in [0.1, 0.15) is 5.56 Å². The Hall–Kier alpha value is -2.31. The molecule has 0 N–H and O–H groups in total. The highest BCUT2D eigenvalue weighted by atomic mass is 35.5. The molecule has 0 atom stereocenters. The Balaban J connectivity index is 0.000000932. The van der Waals surface area contributed by atoms with Crippen molar-refractivity contribution in [3.8, 4) is 34.3 Å². The third-order valence-electron chi connectivity index (χ3n) is 4.96. The number of nitrogens with zero attached hydrogens (tertiary/aromatic N) is 1. The highest BCUT2D eigenvalue weighted by Gasteiger charge is 2.28. The second-order valence-corrected chi connectivity index (χ2v) is 6.81. The van der Waals surface area contributed by atoms with Crippen LogP contribution in [0.3, 0.4) is 0 Å². The van der Waals surface area contributed by atoms with Crippen molar-refractivity contribution in [1.29, 1.82) is 0 Å². The van der Waals surface area contributed by atoms with E-state index in [1.165, 1.54) is 35.2 Å². The zero-order valence-corrected chi connectivity index (χ0v) is 17.5. The maximum atomic E-state index is 5.80. The van der Waals surface area contributed by atoms with Gasteiger partial charge in [0.2, 0.25) is 12.5 Å². The first-order chi connectivity index (χ1) is 13.8. The average molecular weight is 419 g/mol. The molecule has 2 aliphatic heterocycles. The normalized spacial score (nSPS) is 13.3. The molecular weight excluding hydrogens is 398 g/mol. The second kappa shape index (κ2) is 7.97. The van der Waals surface area contributed by atoms with Gasteiger partial charge in [0.25, 0.3) is 0 Å². The molecule has 28 heavy (non-hydrogen) atoms. The molecule has 0 amide bonds. The van der Waals surface area contributed by atoms with Crippen molar-refractivity contribution >= 4 is 34.4 Å². The third-order valence-corrected chi connectivity index (χ3v) is 5.30. The smallest absolute Gasteiger partial charge is 0.231 e. The maximum Gasteiger partial charge on any atom is 0.231 e. The van der Waals surface area contributed by atoms with Crippen LogP contribution >= 0.6 is 23.6 Å². The summed E-state index contributed by atoms with van der Waals surface area (Å²) >= 11 is 5.96. The van der Waals surface area contributed by atoms with Crippen molar-refractivity contribution in [3.63, 3.8) is 0 Å². The van der Waals surface area contributed by atoms with Crippen molar-refractivity contribution in [1.82, 2.24) is 0 Å². The molecule has 0 bridgehead atoms. The van der Waals surface area contributed by atoms with E-state index in [0.29, 0.717) is 6.79 Å². The lowest BCUT2D eigenvalue weighted by molar-refractivity contribution is -0.686. The first-order valence-corrected chi connectivity index (χ1v) is 10.7. The highest BCUT2D eigenvalue weighted by molar-refractivity contribution is 7.94. The van der Waals surface area contributed by atoms with E-state index in [1.54, 1.807) is 7.11 Å². The molecule has 3 heterocycles. The Labute approximate surface area is 173 Å². The minimum absolute atomic E-state index is 0.297. The Bertz CT molecular complexity index is 1040. The van der Waals surface area contributed by atoms with Gasteiger partial charge >= 0.3 is 0 Å². The van der Waals surface area contributed by atoms with E-state index in [4.69, 9.17) is 18.4 Å². The predicted octanol–water partition coefficient (Wildman–Crippen LogP) is 4.60. The SMILES string of the molecule is CCl.COc1ccc2cc3[n+](cc2c1OSC)CCc1cc2c(cc1-3)OCO2. The summed E-state index contributed by atoms with van der Waals surface area (Å²) in [5.41, 5.74) is 3.67. The summed E-state index contributed by atoms with van der Waals surface area (Å²) in [7, 11) is 1.67. The fourth-order valence-electron chi connectivity index (χ4n) is 3.73. The van der Waals surface area contributed by atoms with Gasteiger partial charge in [-0.2, -0.15) is 4.57 Å². The third kappa shape index (κ3) is 3.10. The van der Waals surface area contributed by atoms with Gasteiger partial charge in [0.05, 0.1) is 30.1 Å². The Morgan fingerprint density at radius 3 is 2.64 bits per heavy atom. The van der Waals surface area contributed by atoms with Gasteiger partial charge in [0.15, 0.2) is 35.7 Å². The first-order valence-electron chi connectivity index (χ1n) is 8.84. The molecule has 0 radical (unpaired) electrons. The van der Waals surface area contributed by atoms with Crippen molar-refractivity contribution in [2.24, 2.45) is 0 Å². The lowest BCUT2D eigenvalue weighted by atomic mass is 9.95. The summed E-state index contributed by atoms with van der Waals surface area (Å²) < 4.78 is 24.7. The van der Waals surface area contributed by atoms with Crippen LogP contribution in [-0.4, -0.2) is 26.5 Å². The van der Waals surface area contributed by atoms with Gasteiger partial charge < -0.3 is 18.4 Å². The first kappa shape index (κ1) is 19.0. The summed E-state index contributed by atoms with van der Waals surface area (Å²) in [4.78, 5) is 0. The zero-order chi connectivity index (χ0) is 19.7. The Morgan fingerprint density at radius 2 is 1.89 bits per heavy atom. The van der Waals surface area contributed by atoms with Crippen LogP contribution < -0.4 is 23.0 Å². The monoisotopic (exact) mass is 418 g/mol. The number of hydrogen-bond acceptors (Lipinski definition) is 5. The van der Waals surface area contributed by atoms with E-state index in [2.05, 4.69) is 46.6 Å². The number of methoxy groups -OCH3 is 1. The molecule has 1 aromatic heterocycles. The molecule has 5 rings (SSSR count). The molecule has 0 fully saturated rings. The van der Waals surface area contributed by atoms with Gasteiger partial charge in [0, 0.05) is 25.1 Å². The summed E-state index contributed by atoms with van der Waals surface area (Å²) in [6.07, 6.45) is 6.49. The molecule has 7 heteroatoms. The molecule has 0 saturated heterocycles. The van der Waals surface area contributed by atoms with Crippen LogP contribution in [0.5, 0.6) is 23.0 Å². The lowest BCUT2D eigenvalue weighted by Gasteiger charge is -2.17. The number of fused-ring (bicyclic) bond motifs is 5. The minimum Gasteiger partial charge on any atom is -0.493 e. The van der Waals surface area contributed by atoms with Gasteiger partial charge in [0.1, 0.15) is 0 Å². The number of hydrogen-bond donors (Lipinski definition) is 0. The molecule has 5 nitrogen and oxygen atoms in total. The summed E-state index contributed by atoms with van der Waals surface area (Å²) in [6, 6.07) is 10.4. The Morgan fingerprint density at radius 1 is 1.11 bits per heavy atom. The van der Waals surface area contributed by atoms with Crippen molar-refractivity contribution in [2.45, 2.75) is 13.0 Å². The van der Waals surface area contributed by atoms with E-state index >= 15 is 0 Å². The van der Waals surface area contributed by atoms with Crippen LogP contribution in [0.2, 0.25) is 0 Å². The topological polar surface area (TPSA) is 40.8 Å². The minimum atomic E-state index is 0.297. The fourth-order valence-corrected chi connectivity index (χ4v) is 4.07. The molecule has 3 aromatic rings. The summed E-state index contributed by atoms with van der Waals surface area (Å²) in [6.45, 7) is 1.21. The lowest BCUT2D eigenvalue weighted by Crippen LogP contribution is -2.40. The molecule has 2 aromatic carbocycles. The van der Waals surface area contributed by atoms with Gasteiger partial charge in [-0.25, -0.2) is 0 Å². The molecular formula is C21H21ClNO4S+. The maximum absolute atomic E-state index is 5.80. The van der Waals surface area contributed by atoms with Crippen LogP contribution in [-0.2, 0) is 13.0 Å². The quantitative estimate of drug-likeness (QED) is 0.353. The molecule has 0 saturated carbocycles. The molecule has 0 unspecified atom stereocenters. The molecule has 2 aliphatic rings. The van der Waals surface area contributed by atoms with Crippen LogP contribution in [0, 0.1) is 0 Å². The van der Waals surface area contributed by atoms with E-state index in [9.17, 15) is 0 Å². The largest absolute Gasteiger partial charge is 0.493 e. The Kier molecular flexibility index (Phi) is 5.42. The van der Waals surface area contributed by atoms with Crippen LogP contribution in [0.15, 0.2) is 36.5 Å². The second-order valence-electron chi connectivity index (χ2n) is 6.31. The van der Waals surface area contributed by atoms with Gasteiger partial charge in [-0.05, 0) is 35.2 Å². The standard InChI is InChI=1S/C20H18NO4S.CH3Cl/c1-22-17-4-3-12-7-16-14-9-19-18(23-11-24-19)8-13(14)5-6-21(16)10-15(12)20(17)25-26-2;1-2/h3-4,7-10H,5-6,11H2,1-2H3;1H3/q+1;. The zero-order valence-electron chi connectivity index (χ0n) is 16.0. The average Bonchev–Trinajstić information content (AvgIpc) is 3.20. The number of ether oxygens (including phenoxy) is 3. The van der Waals surface area contributed by atoms with Gasteiger partial charge in [-0.3, -0.25) is 0 Å². The predicted molar refractivity (Wildman–Crippen MR) is 112 cm³/mol. The van der Waals surface area contributed by atoms with E-state index < -0.39 is 0 Å². The molecule has 0 aliphatic carbocycles. The number of rotatable bonds is 3. The fraction of sp³-hybridized carbons (Fsp3) is 0.286. The van der Waals surface area contributed by atoms with Crippen LogP contribution in [0.4, 0.5) is 0 Å². The van der Waals surface area contributed by atoms with Crippen molar-refractivity contribution in [2.75, 3.05) is 26.5 Å². The van der Waals surface area contributed by atoms with Crippen LogP contribution in [0.25, 0.3) is 22.0 Å². The van der Waals surface area contributed by atoms with E-state index in [0.717, 1.165) is 46.7 Å². The number of benzene rings is 2. The molecule has 0 spiro atoms. The number of halogens is 1. The van der Waals surface area contributed by atoms with Gasteiger partial charge in [-0.15, -0.1) is 11.6 Å². The summed E-state index contributed by atoms with van der Waals surface area (Å²) in [5, 5.41) is 2.17. The van der Waals surface area contributed by atoms with Crippen molar-refractivity contribution in [3.05, 3.63) is 42.1 Å². The number of alkyl halides is 1.